The van der Waals surface area contributed by atoms with Gasteiger partial charge in [-0.25, -0.2) is 0 Å². The summed E-state index contributed by atoms with van der Waals surface area (Å²) in [6.07, 6.45) is -0.0304. The van der Waals surface area contributed by atoms with E-state index in [2.05, 4.69) is 5.32 Å². The van der Waals surface area contributed by atoms with Crippen molar-refractivity contribution in [3.8, 4) is 5.75 Å². The second kappa shape index (κ2) is 6.85. The maximum atomic E-state index is 11.9. The number of nitrogens with one attached hydrogen (secondary N) is 1. The van der Waals surface area contributed by atoms with Crippen molar-refractivity contribution >= 4 is 35.2 Å². The van der Waals surface area contributed by atoms with Gasteiger partial charge in [-0.2, -0.15) is 0 Å². The molecule has 1 unspecified atom stereocenters. The van der Waals surface area contributed by atoms with Gasteiger partial charge < -0.3 is 15.2 Å². The van der Waals surface area contributed by atoms with E-state index in [9.17, 15) is 9.59 Å². The first-order valence-corrected chi connectivity index (χ1v) is 7.62. The van der Waals surface area contributed by atoms with E-state index in [4.69, 9.17) is 21.4 Å². The lowest BCUT2D eigenvalue weighted by atomic mass is 10.1. The molecule has 108 valence electrons. The van der Waals surface area contributed by atoms with Crippen molar-refractivity contribution in [1.29, 1.82) is 0 Å². The third-order valence-electron chi connectivity index (χ3n) is 2.76. The van der Waals surface area contributed by atoms with Crippen LogP contribution in [0.3, 0.4) is 0 Å². The van der Waals surface area contributed by atoms with E-state index in [1.54, 1.807) is 18.2 Å². The fourth-order valence-corrected chi connectivity index (χ4v) is 2.64. The highest BCUT2D eigenvalue weighted by atomic mass is 35.5. The number of carboxylic acid groups (broad SMARTS) is 1. The fraction of sp³-hybridized carbons (Fsp3) is 0.385. The molecule has 1 amide bonds. The first-order chi connectivity index (χ1) is 9.56. The number of carbonyl (C=O) groups excluding carboxylic acids is 1. The summed E-state index contributed by atoms with van der Waals surface area (Å²) >= 11 is 7.15. The molecule has 0 spiro atoms. The molecule has 1 atom stereocenters. The zero-order valence-electron chi connectivity index (χ0n) is 10.6. The lowest BCUT2D eigenvalue weighted by Gasteiger charge is -2.10. The Bertz CT molecular complexity index is 523. The highest BCUT2D eigenvalue weighted by Gasteiger charge is 2.28. The van der Waals surface area contributed by atoms with Crippen molar-refractivity contribution in [3.63, 3.8) is 0 Å². The number of hydrogen-bond acceptors (Lipinski definition) is 4. The standard InChI is InChI=1S/C13H14ClNO4S/c14-9-1-2-10-8(5-9)6-11(19-10)13(18)15-3-4-20-7-12(16)17/h1-2,5,11H,3-4,6-7H2,(H,15,18)(H,16,17). The number of rotatable bonds is 6. The Labute approximate surface area is 125 Å². The summed E-state index contributed by atoms with van der Waals surface area (Å²) in [5, 5.41) is 11.8. The molecule has 7 heteroatoms. The average molecular weight is 316 g/mol. The van der Waals surface area contributed by atoms with E-state index >= 15 is 0 Å². The molecule has 0 aromatic heterocycles. The smallest absolute Gasteiger partial charge is 0.313 e. The van der Waals surface area contributed by atoms with Crippen LogP contribution in [0, 0.1) is 0 Å². The number of hydrogen-bond donors (Lipinski definition) is 2. The first-order valence-electron chi connectivity index (χ1n) is 6.08. The lowest BCUT2D eigenvalue weighted by Crippen LogP contribution is -2.38. The number of thioether (sulfide) groups is 1. The van der Waals surface area contributed by atoms with Gasteiger partial charge in [0.05, 0.1) is 5.75 Å². The number of ether oxygens (including phenoxy) is 1. The van der Waals surface area contributed by atoms with Crippen LogP contribution in [-0.4, -0.2) is 41.1 Å². The van der Waals surface area contributed by atoms with Crippen LogP contribution in [0.15, 0.2) is 18.2 Å². The van der Waals surface area contributed by atoms with E-state index < -0.39 is 12.1 Å². The monoisotopic (exact) mass is 315 g/mol. The Hall–Kier alpha value is -1.40. The Morgan fingerprint density at radius 3 is 3.05 bits per heavy atom. The molecule has 1 aliphatic rings. The zero-order valence-corrected chi connectivity index (χ0v) is 12.2. The minimum Gasteiger partial charge on any atom is -0.481 e. The summed E-state index contributed by atoms with van der Waals surface area (Å²) in [7, 11) is 0. The fourth-order valence-electron chi connectivity index (χ4n) is 1.88. The predicted octanol–water partition coefficient (Wildman–Crippen LogP) is 1.58. The Morgan fingerprint density at radius 2 is 2.30 bits per heavy atom. The highest BCUT2D eigenvalue weighted by Crippen LogP contribution is 2.31. The molecule has 5 nitrogen and oxygen atoms in total. The van der Waals surface area contributed by atoms with Crippen LogP contribution >= 0.6 is 23.4 Å². The number of aliphatic carboxylic acids is 1. The zero-order chi connectivity index (χ0) is 14.5. The second-order valence-corrected chi connectivity index (χ2v) is 5.84. The lowest BCUT2D eigenvalue weighted by molar-refractivity contribution is -0.134. The molecule has 1 aromatic rings. The summed E-state index contributed by atoms with van der Waals surface area (Å²) in [5.41, 5.74) is 0.929. The van der Waals surface area contributed by atoms with E-state index in [1.165, 1.54) is 11.8 Å². The number of carbonyl (C=O) groups is 2. The average Bonchev–Trinajstić information content (AvgIpc) is 2.80. The van der Waals surface area contributed by atoms with Gasteiger partial charge >= 0.3 is 5.97 Å². The van der Waals surface area contributed by atoms with Crippen LogP contribution in [0.2, 0.25) is 5.02 Å². The normalized spacial score (nSPS) is 16.4. The molecule has 2 N–H and O–H groups in total. The van der Waals surface area contributed by atoms with Gasteiger partial charge in [0.1, 0.15) is 5.75 Å². The second-order valence-electron chi connectivity index (χ2n) is 4.30. The predicted molar refractivity (Wildman–Crippen MR) is 77.5 cm³/mol. The largest absolute Gasteiger partial charge is 0.481 e. The molecule has 1 heterocycles. The van der Waals surface area contributed by atoms with Crippen molar-refractivity contribution in [2.75, 3.05) is 18.1 Å². The van der Waals surface area contributed by atoms with Crippen LogP contribution in [0.4, 0.5) is 0 Å². The van der Waals surface area contributed by atoms with E-state index in [1.807, 2.05) is 0 Å². The summed E-state index contributed by atoms with van der Waals surface area (Å²) in [6.45, 7) is 0.424. The number of fused-ring (bicyclic) bond motifs is 1. The molecule has 20 heavy (non-hydrogen) atoms. The topological polar surface area (TPSA) is 75.6 Å². The number of halogens is 1. The van der Waals surface area contributed by atoms with E-state index in [-0.39, 0.29) is 11.7 Å². The summed E-state index contributed by atoms with van der Waals surface area (Å²) in [6, 6.07) is 5.28. The van der Waals surface area contributed by atoms with Gasteiger partial charge in [0, 0.05) is 23.7 Å². The van der Waals surface area contributed by atoms with Crippen molar-refractivity contribution < 1.29 is 19.4 Å². The maximum Gasteiger partial charge on any atom is 0.313 e. The minimum absolute atomic E-state index is 0.0414. The first kappa shape index (κ1) is 15.0. The molecule has 0 saturated carbocycles. The van der Waals surface area contributed by atoms with Crippen LogP contribution in [0.5, 0.6) is 5.75 Å². The molecule has 1 aliphatic heterocycles. The van der Waals surface area contributed by atoms with Gasteiger partial charge in [0.15, 0.2) is 6.10 Å². The van der Waals surface area contributed by atoms with Crippen molar-refractivity contribution in [2.24, 2.45) is 0 Å². The van der Waals surface area contributed by atoms with Crippen LogP contribution in [-0.2, 0) is 16.0 Å². The molecule has 0 saturated heterocycles. The van der Waals surface area contributed by atoms with Crippen LogP contribution in [0.25, 0.3) is 0 Å². The molecule has 0 bridgehead atoms. The number of amides is 1. The van der Waals surface area contributed by atoms with E-state index in [0.29, 0.717) is 29.5 Å². The quantitative estimate of drug-likeness (QED) is 0.780. The maximum absolute atomic E-state index is 11.9. The Kier molecular flexibility index (Phi) is 5.14. The molecule has 0 fully saturated rings. The van der Waals surface area contributed by atoms with Gasteiger partial charge in [0.25, 0.3) is 5.91 Å². The third-order valence-corrected chi connectivity index (χ3v) is 3.94. The summed E-state index contributed by atoms with van der Waals surface area (Å²) in [5.74, 6) is 0.249. The van der Waals surface area contributed by atoms with Gasteiger partial charge in [-0.1, -0.05) is 11.6 Å². The molecule has 0 aliphatic carbocycles. The summed E-state index contributed by atoms with van der Waals surface area (Å²) < 4.78 is 5.55. The highest BCUT2D eigenvalue weighted by molar-refractivity contribution is 7.99. The van der Waals surface area contributed by atoms with Gasteiger partial charge in [-0.3, -0.25) is 9.59 Å². The molecule has 1 aromatic carbocycles. The van der Waals surface area contributed by atoms with Gasteiger partial charge in [-0.05, 0) is 23.8 Å². The SMILES string of the molecule is O=C(O)CSCCNC(=O)C1Cc2cc(Cl)ccc2O1. The van der Waals surface area contributed by atoms with E-state index in [0.717, 1.165) is 5.56 Å². The van der Waals surface area contributed by atoms with Gasteiger partial charge in [-0.15, -0.1) is 11.8 Å². The van der Waals surface area contributed by atoms with Crippen LogP contribution < -0.4 is 10.1 Å². The molecule has 0 radical (unpaired) electrons. The molecule has 2 rings (SSSR count). The molecular formula is C13H14ClNO4S. The third kappa shape index (κ3) is 4.05. The number of benzene rings is 1. The molecular weight excluding hydrogens is 302 g/mol. The van der Waals surface area contributed by atoms with Crippen LogP contribution in [0.1, 0.15) is 5.56 Å². The van der Waals surface area contributed by atoms with Gasteiger partial charge in [0.2, 0.25) is 0 Å². The minimum atomic E-state index is -0.854. The Balaban J connectivity index is 1.74. The Morgan fingerprint density at radius 1 is 1.50 bits per heavy atom. The van der Waals surface area contributed by atoms with Crippen molar-refractivity contribution in [1.82, 2.24) is 5.32 Å². The number of carboxylic acids is 1. The van der Waals surface area contributed by atoms with Crippen molar-refractivity contribution in [3.05, 3.63) is 28.8 Å². The summed E-state index contributed by atoms with van der Waals surface area (Å²) in [4.78, 5) is 22.2. The van der Waals surface area contributed by atoms with Crippen molar-refractivity contribution in [2.45, 2.75) is 12.5 Å².